The number of anilines is 1. The Labute approximate surface area is 194 Å². The maximum absolute atomic E-state index is 13.3. The average Bonchev–Trinajstić information content (AvgIpc) is 2.78. The normalized spacial score (nSPS) is 20.7. The zero-order chi connectivity index (χ0) is 24.5. The summed E-state index contributed by atoms with van der Waals surface area (Å²) in [6, 6.07) is 10.7. The Morgan fingerprint density at radius 1 is 0.941 bits per heavy atom. The standard InChI is InChI=1S/C25H27F6NO2/c26-24(27,28)23(33)15-32-21(16-6-2-1-3-7-16)13-12-20-19(10-5-11-22(20)32)17-8-4-9-18(14-17)34-25(29,30)31/h4-5,8-11,14,16,21,23,33H,1-3,6-7,12-13,15H2. The Kier molecular flexibility index (Phi) is 7.03. The largest absolute Gasteiger partial charge is 0.573 e. The van der Waals surface area contributed by atoms with Gasteiger partial charge < -0.3 is 14.7 Å². The van der Waals surface area contributed by atoms with E-state index in [1.165, 1.54) is 18.2 Å². The van der Waals surface area contributed by atoms with Crippen molar-refractivity contribution in [2.75, 3.05) is 11.4 Å². The molecule has 0 bridgehead atoms. The lowest BCUT2D eigenvalue weighted by atomic mass is 9.78. The number of aliphatic hydroxyl groups excluding tert-OH is 1. The van der Waals surface area contributed by atoms with Gasteiger partial charge in [-0.05, 0) is 66.5 Å². The molecule has 2 atom stereocenters. The summed E-state index contributed by atoms with van der Waals surface area (Å²) < 4.78 is 82.0. The number of aliphatic hydroxyl groups is 1. The molecule has 0 amide bonds. The summed E-state index contributed by atoms with van der Waals surface area (Å²) >= 11 is 0. The number of hydrogen-bond donors (Lipinski definition) is 1. The molecule has 9 heteroatoms. The molecule has 1 N–H and O–H groups in total. The van der Waals surface area contributed by atoms with E-state index in [-0.39, 0.29) is 17.7 Å². The van der Waals surface area contributed by atoms with Crippen molar-refractivity contribution in [2.24, 2.45) is 5.92 Å². The third kappa shape index (κ3) is 5.62. The van der Waals surface area contributed by atoms with Crippen LogP contribution in [0.15, 0.2) is 42.5 Å². The van der Waals surface area contributed by atoms with Crippen LogP contribution in [-0.2, 0) is 6.42 Å². The second-order valence-corrected chi connectivity index (χ2v) is 9.09. The van der Waals surface area contributed by atoms with Crippen LogP contribution in [0.4, 0.5) is 32.0 Å². The number of benzene rings is 2. The van der Waals surface area contributed by atoms with Crippen molar-refractivity contribution in [1.82, 2.24) is 0 Å². The molecule has 2 unspecified atom stereocenters. The first-order valence-electron chi connectivity index (χ1n) is 11.5. The van der Waals surface area contributed by atoms with Gasteiger partial charge in [-0.1, -0.05) is 43.5 Å². The highest BCUT2D eigenvalue weighted by molar-refractivity contribution is 5.76. The maximum Gasteiger partial charge on any atom is 0.573 e. The third-order valence-electron chi connectivity index (χ3n) is 6.87. The Hall–Kier alpha value is -2.42. The number of halogens is 6. The molecular formula is C25H27F6NO2. The molecule has 1 saturated carbocycles. The fraction of sp³-hybridized carbons (Fsp3) is 0.520. The number of nitrogens with zero attached hydrogens (tertiary/aromatic N) is 1. The molecule has 1 aliphatic heterocycles. The molecule has 1 heterocycles. The number of fused-ring (bicyclic) bond motifs is 1. The molecule has 0 spiro atoms. The highest BCUT2D eigenvalue weighted by Gasteiger charge is 2.43. The van der Waals surface area contributed by atoms with Crippen LogP contribution in [0.5, 0.6) is 5.75 Å². The molecule has 1 fully saturated rings. The van der Waals surface area contributed by atoms with Gasteiger partial charge in [0.15, 0.2) is 6.10 Å². The van der Waals surface area contributed by atoms with Gasteiger partial charge >= 0.3 is 12.5 Å². The van der Waals surface area contributed by atoms with E-state index in [0.29, 0.717) is 29.7 Å². The number of rotatable bonds is 5. The third-order valence-corrected chi connectivity index (χ3v) is 6.87. The lowest BCUT2D eigenvalue weighted by Gasteiger charge is -2.45. The molecule has 0 radical (unpaired) electrons. The van der Waals surface area contributed by atoms with Crippen LogP contribution in [0.1, 0.15) is 44.1 Å². The number of ether oxygens (including phenoxy) is 1. The lowest BCUT2D eigenvalue weighted by molar-refractivity contribution is -0.274. The van der Waals surface area contributed by atoms with E-state index in [1.807, 2.05) is 0 Å². The van der Waals surface area contributed by atoms with E-state index in [4.69, 9.17) is 0 Å². The first-order valence-corrected chi connectivity index (χ1v) is 11.5. The van der Waals surface area contributed by atoms with Gasteiger partial charge in [-0.15, -0.1) is 13.2 Å². The van der Waals surface area contributed by atoms with Gasteiger partial charge in [-0.2, -0.15) is 13.2 Å². The molecule has 2 aliphatic rings. The molecule has 34 heavy (non-hydrogen) atoms. The fourth-order valence-electron chi connectivity index (χ4n) is 5.40. The number of hydrogen-bond acceptors (Lipinski definition) is 3. The van der Waals surface area contributed by atoms with E-state index in [1.54, 1.807) is 29.2 Å². The Balaban J connectivity index is 1.72. The van der Waals surface area contributed by atoms with Gasteiger partial charge in [0.1, 0.15) is 5.75 Å². The van der Waals surface area contributed by atoms with Crippen molar-refractivity contribution < 1.29 is 36.2 Å². The van der Waals surface area contributed by atoms with Crippen LogP contribution in [0.3, 0.4) is 0 Å². The van der Waals surface area contributed by atoms with Crippen LogP contribution in [0.2, 0.25) is 0 Å². The summed E-state index contributed by atoms with van der Waals surface area (Å²) in [4.78, 5) is 1.69. The van der Waals surface area contributed by atoms with Crippen molar-refractivity contribution in [3.05, 3.63) is 48.0 Å². The second-order valence-electron chi connectivity index (χ2n) is 9.09. The van der Waals surface area contributed by atoms with Crippen LogP contribution >= 0.6 is 0 Å². The first-order chi connectivity index (χ1) is 16.0. The van der Waals surface area contributed by atoms with E-state index < -0.39 is 25.2 Å². The van der Waals surface area contributed by atoms with Crippen molar-refractivity contribution in [3.8, 4) is 16.9 Å². The molecule has 4 rings (SSSR count). The minimum atomic E-state index is -4.83. The highest BCUT2D eigenvalue weighted by atomic mass is 19.4. The Bertz CT molecular complexity index is 984. The molecule has 0 saturated heterocycles. The van der Waals surface area contributed by atoms with E-state index in [9.17, 15) is 31.4 Å². The van der Waals surface area contributed by atoms with E-state index in [0.717, 1.165) is 37.7 Å². The van der Waals surface area contributed by atoms with Gasteiger partial charge in [-0.25, -0.2) is 0 Å². The molecule has 3 nitrogen and oxygen atoms in total. The van der Waals surface area contributed by atoms with Crippen LogP contribution < -0.4 is 9.64 Å². The zero-order valence-electron chi connectivity index (χ0n) is 18.5. The number of β-amino-alcohol motifs (C(OH)–C–C–N with tert-alkyl or cyclic N) is 1. The summed E-state index contributed by atoms with van der Waals surface area (Å²) in [5.41, 5.74) is 2.52. The number of alkyl halides is 6. The summed E-state index contributed by atoms with van der Waals surface area (Å²) in [5.74, 6) is -0.114. The minimum Gasteiger partial charge on any atom is -0.406 e. The Morgan fingerprint density at radius 2 is 1.65 bits per heavy atom. The van der Waals surface area contributed by atoms with E-state index in [2.05, 4.69) is 4.74 Å². The fourth-order valence-corrected chi connectivity index (χ4v) is 5.40. The monoisotopic (exact) mass is 487 g/mol. The maximum atomic E-state index is 13.3. The average molecular weight is 487 g/mol. The SMILES string of the molecule is OC(CN1c2cccc(-c3cccc(OC(F)(F)F)c3)c2CCC1C1CCCCC1)C(F)(F)F. The van der Waals surface area contributed by atoms with Gasteiger partial charge in [0.05, 0.1) is 6.54 Å². The topological polar surface area (TPSA) is 32.7 Å². The van der Waals surface area contributed by atoms with Crippen LogP contribution in [0.25, 0.3) is 11.1 Å². The summed E-state index contributed by atoms with van der Waals surface area (Å²) in [5, 5.41) is 9.92. The van der Waals surface area contributed by atoms with Crippen molar-refractivity contribution in [1.29, 1.82) is 0 Å². The summed E-state index contributed by atoms with van der Waals surface area (Å²) in [7, 11) is 0. The highest BCUT2D eigenvalue weighted by Crippen LogP contribution is 2.43. The van der Waals surface area contributed by atoms with Crippen molar-refractivity contribution >= 4 is 5.69 Å². The molecule has 1 aliphatic carbocycles. The minimum absolute atomic E-state index is 0.125. The zero-order valence-corrected chi connectivity index (χ0v) is 18.5. The van der Waals surface area contributed by atoms with Gasteiger partial charge in [-0.3, -0.25) is 0 Å². The molecule has 2 aromatic rings. The molecule has 186 valence electrons. The second kappa shape index (κ2) is 9.68. The first kappa shape index (κ1) is 24.7. The van der Waals surface area contributed by atoms with Gasteiger partial charge in [0.25, 0.3) is 0 Å². The Morgan fingerprint density at radius 3 is 2.32 bits per heavy atom. The molecule has 0 aromatic heterocycles. The van der Waals surface area contributed by atoms with Crippen molar-refractivity contribution in [2.45, 2.75) is 69.6 Å². The van der Waals surface area contributed by atoms with Gasteiger partial charge in [0, 0.05) is 11.7 Å². The van der Waals surface area contributed by atoms with Gasteiger partial charge in [0.2, 0.25) is 0 Å². The lowest BCUT2D eigenvalue weighted by Crippen LogP contribution is -2.51. The predicted octanol–water partition coefficient (Wildman–Crippen LogP) is 6.88. The summed E-state index contributed by atoms with van der Waals surface area (Å²) in [6.45, 7) is -0.571. The molecular weight excluding hydrogens is 460 g/mol. The van der Waals surface area contributed by atoms with E-state index >= 15 is 0 Å². The molecule has 2 aromatic carbocycles. The quantitative estimate of drug-likeness (QED) is 0.467. The van der Waals surface area contributed by atoms with Crippen LogP contribution in [0, 0.1) is 5.92 Å². The summed E-state index contributed by atoms with van der Waals surface area (Å²) in [6.07, 6.45) is -5.77. The smallest absolute Gasteiger partial charge is 0.406 e. The van der Waals surface area contributed by atoms with Crippen molar-refractivity contribution in [3.63, 3.8) is 0 Å². The predicted molar refractivity (Wildman–Crippen MR) is 117 cm³/mol. The van der Waals surface area contributed by atoms with Crippen LogP contribution in [-0.4, -0.2) is 36.3 Å².